The van der Waals surface area contributed by atoms with Crippen LogP contribution in [0.5, 0.6) is 11.5 Å². The number of amides is 1. The van der Waals surface area contributed by atoms with E-state index in [9.17, 15) is 4.79 Å². The standard InChI is InChI=1S/C19H27NO4/c1-14(20-19(21)12-15-6-4-5-7-15)16-8-9-17(18(13-16)23-3)24-11-10-22-2/h4,6,8-9,13-15H,5,7,10-12H2,1-3H3,(H,20,21). The lowest BCUT2D eigenvalue weighted by molar-refractivity contribution is -0.122. The number of hydrogen-bond donors (Lipinski definition) is 1. The zero-order valence-electron chi connectivity index (χ0n) is 14.7. The number of benzene rings is 1. The SMILES string of the molecule is COCCOc1ccc(C(C)NC(=O)CC2C=CCC2)cc1OC. The Kier molecular flexibility index (Phi) is 7.12. The van der Waals surface area contributed by atoms with Crippen molar-refractivity contribution in [3.8, 4) is 11.5 Å². The van der Waals surface area contributed by atoms with E-state index in [0.29, 0.717) is 37.1 Å². The third-order valence-corrected chi connectivity index (χ3v) is 4.17. The first-order chi connectivity index (χ1) is 11.6. The lowest BCUT2D eigenvalue weighted by Crippen LogP contribution is -2.27. The van der Waals surface area contributed by atoms with Crippen LogP contribution in [0, 0.1) is 5.92 Å². The minimum absolute atomic E-state index is 0.0789. The van der Waals surface area contributed by atoms with Gasteiger partial charge < -0.3 is 19.5 Å². The highest BCUT2D eigenvalue weighted by molar-refractivity contribution is 5.77. The number of rotatable bonds is 9. The van der Waals surface area contributed by atoms with Crippen molar-refractivity contribution in [3.63, 3.8) is 0 Å². The molecule has 1 aliphatic carbocycles. The zero-order valence-corrected chi connectivity index (χ0v) is 14.7. The Balaban J connectivity index is 1.94. The molecule has 2 atom stereocenters. The van der Waals surface area contributed by atoms with Crippen molar-refractivity contribution in [2.45, 2.75) is 32.2 Å². The van der Waals surface area contributed by atoms with Crippen LogP contribution >= 0.6 is 0 Å². The van der Waals surface area contributed by atoms with E-state index in [0.717, 1.165) is 18.4 Å². The van der Waals surface area contributed by atoms with E-state index in [4.69, 9.17) is 14.2 Å². The van der Waals surface area contributed by atoms with Crippen molar-refractivity contribution in [1.29, 1.82) is 0 Å². The van der Waals surface area contributed by atoms with Crippen LogP contribution in [0.3, 0.4) is 0 Å². The van der Waals surface area contributed by atoms with Gasteiger partial charge in [-0.3, -0.25) is 4.79 Å². The summed E-state index contributed by atoms with van der Waals surface area (Å²) in [5.41, 5.74) is 0.987. The first kappa shape index (κ1) is 18.3. The third kappa shape index (κ3) is 5.27. The summed E-state index contributed by atoms with van der Waals surface area (Å²) in [6.07, 6.45) is 6.99. The molecule has 0 aromatic heterocycles. The molecule has 1 aromatic rings. The van der Waals surface area contributed by atoms with Crippen molar-refractivity contribution in [3.05, 3.63) is 35.9 Å². The van der Waals surface area contributed by atoms with E-state index in [-0.39, 0.29) is 11.9 Å². The molecule has 1 N–H and O–H groups in total. The summed E-state index contributed by atoms with van der Waals surface area (Å²) < 4.78 is 16.0. The maximum atomic E-state index is 12.2. The molecule has 0 saturated heterocycles. The summed E-state index contributed by atoms with van der Waals surface area (Å²) >= 11 is 0. The Morgan fingerprint density at radius 1 is 1.29 bits per heavy atom. The maximum absolute atomic E-state index is 12.2. The monoisotopic (exact) mass is 333 g/mol. The number of allylic oxidation sites excluding steroid dienone is 2. The molecule has 1 aromatic carbocycles. The van der Waals surface area contributed by atoms with Gasteiger partial charge in [0.25, 0.3) is 0 Å². The van der Waals surface area contributed by atoms with E-state index in [2.05, 4.69) is 17.5 Å². The van der Waals surface area contributed by atoms with Gasteiger partial charge in [-0.15, -0.1) is 0 Å². The molecule has 0 spiro atoms. The summed E-state index contributed by atoms with van der Waals surface area (Å²) in [5, 5.41) is 3.06. The van der Waals surface area contributed by atoms with Gasteiger partial charge in [0.2, 0.25) is 5.91 Å². The lowest BCUT2D eigenvalue weighted by atomic mass is 10.0. The van der Waals surface area contributed by atoms with Gasteiger partial charge in [0.1, 0.15) is 6.61 Å². The Bertz CT molecular complexity index is 570. The van der Waals surface area contributed by atoms with Gasteiger partial charge in [-0.2, -0.15) is 0 Å². The predicted octanol–water partition coefficient (Wildman–Crippen LogP) is 3.25. The largest absolute Gasteiger partial charge is 0.493 e. The minimum Gasteiger partial charge on any atom is -0.493 e. The molecule has 132 valence electrons. The maximum Gasteiger partial charge on any atom is 0.221 e. The van der Waals surface area contributed by atoms with Crippen LogP contribution in [0.4, 0.5) is 0 Å². The summed E-state index contributed by atoms with van der Waals surface area (Å²) in [7, 11) is 3.24. The molecule has 5 heteroatoms. The number of methoxy groups -OCH3 is 2. The van der Waals surface area contributed by atoms with Crippen molar-refractivity contribution in [1.82, 2.24) is 5.32 Å². The number of carbonyl (C=O) groups is 1. The average molecular weight is 333 g/mol. The fraction of sp³-hybridized carbons (Fsp3) is 0.526. The number of carbonyl (C=O) groups excluding carboxylic acids is 1. The average Bonchev–Trinajstić information content (AvgIpc) is 3.07. The first-order valence-corrected chi connectivity index (χ1v) is 8.39. The molecule has 1 aliphatic rings. The van der Waals surface area contributed by atoms with E-state index >= 15 is 0 Å². The lowest BCUT2D eigenvalue weighted by Gasteiger charge is -2.18. The molecular weight excluding hydrogens is 306 g/mol. The van der Waals surface area contributed by atoms with E-state index in [1.165, 1.54) is 0 Å². The molecule has 0 fully saturated rings. The van der Waals surface area contributed by atoms with Crippen molar-refractivity contribution >= 4 is 5.91 Å². The molecular formula is C19H27NO4. The first-order valence-electron chi connectivity index (χ1n) is 8.39. The van der Waals surface area contributed by atoms with Gasteiger partial charge in [-0.05, 0) is 43.4 Å². The molecule has 24 heavy (non-hydrogen) atoms. The minimum atomic E-state index is -0.0789. The van der Waals surface area contributed by atoms with Crippen molar-refractivity contribution in [2.75, 3.05) is 27.4 Å². The summed E-state index contributed by atoms with van der Waals surface area (Å²) in [4.78, 5) is 12.2. The third-order valence-electron chi connectivity index (χ3n) is 4.17. The molecule has 5 nitrogen and oxygen atoms in total. The van der Waals surface area contributed by atoms with Crippen molar-refractivity contribution in [2.24, 2.45) is 5.92 Å². The van der Waals surface area contributed by atoms with E-state index in [1.54, 1.807) is 14.2 Å². The van der Waals surface area contributed by atoms with Crippen LogP contribution in [0.15, 0.2) is 30.4 Å². The van der Waals surface area contributed by atoms with E-state index < -0.39 is 0 Å². The van der Waals surface area contributed by atoms with Gasteiger partial charge in [0.15, 0.2) is 11.5 Å². The van der Waals surface area contributed by atoms with Crippen LogP contribution in [-0.2, 0) is 9.53 Å². The molecule has 2 unspecified atom stereocenters. The highest BCUT2D eigenvalue weighted by atomic mass is 16.5. The van der Waals surface area contributed by atoms with Gasteiger partial charge in [-0.25, -0.2) is 0 Å². The fourth-order valence-electron chi connectivity index (χ4n) is 2.79. The molecule has 0 aliphatic heterocycles. The predicted molar refractivity (Wildman–Crippen MR) is 93.4 cm³/mol. The normalized spacial score (nSPS) is 17.5. The Labute approximate surface area is 144 Å². The molecule has 1 amide bonds. The second kappa shape index (κ2) is 9.33. The van der Waals surface area contributed by atoms with Crippen LogP contribution in [0.2, 0.25) is 0 Å². The molecule has 0 radical (unpaired) electrons. The Morgan fingerprint density at radius 3 is 2.79 bits per heavy atom. The zero-order chi connectivity index (χ0) is 17.4. The molecule has 0 heterocycles. The highest BCUT2D eigenvalue weighted by Crippen LogP contribution is 2.30. The highest BCUT2D eigenvalue weighted by Gasteiger charge is 2.17. The molecule has 0 saturated carbocycles. The van der Waals surface area contributed by atoms with Gasteiger partial charge in [-0.1, -0.05) is 18.2 Å². The Hall–Kier alpha value is -2.01. The summed E-state index contributed by atoms with van der Waals surface area (Å²) in [6.45, 7) is 2.96. The van der Waals surface area contributed by atoms with Crippen LogP contribution in [0.1, 0.15) is 37.8 Å². The smallest absolute Gasteiger partial charge is 0.221 e. The number of hydrogen-bond acceptors (Lipinski definition) is 4. The molecule has 2 rings (SSSR count). The Morgan fingerprint density at radius 2 is 2.12 bits per heavy atom. The van der Waals surface area contributed by atoms with Gasteiger partial charge >= 0.3 is 0 Å². The second-order valence-electron chi connectivity index (χ2n) is 6.01. The molecule has 0 bridgehead atoms. The number of ether oxygens (including phenoxy) is 3. The van der Waals surface area contributed by atoms with Crippen LogP contribution in [0.25, 0.3) is 0 Å². The van der Waals surface area contributed by atoms with Crippen LogP contribution in [-0.4, -0.2) is 33.3 Å². The van der Waals surface area contributed by atoms with Gasteiger partial charge in [0, 0.05) is 13.5 Å². The quantitative estimate of drug-likeness (QED) is 0.557. The van der Waals surface area contributed by atoms with E-state index in [1.807, 2.05) is 25.1 Å². The second-order valence-corrected chi connectivity index (χ2v) is 6.01. The topological polar surface area (TPSA) is 56.8 Å². The van der Waals surface area contributed by atoms with Crippen LogP contribution < -0.4 is 14.8 Å². The fourth-order valence-corrected chi connectivity index (χ4v) is 2.79. The van der Waals surface area contributed by atoms with Gasteiger partial charge in [0.05, 0.1) is 19.8 Å². The summed E-state index contributed by atoms with van der Waals surface area (Å²) in [5.74, 6) is 1.79. The summed E-state index contributed by atoms with van der Waals surface area (Å²) in [6, 6.07) is 5.64. The number of nitrogens with one attached hydrogen (secondary N) is 1. The van der Waals surface area contributed by atoms with Crippen molar-refractivity contribution < 1.29 is 19.0 Å².